The van der Waals surface area contributed by atoms with Crippen molar-refractivity contribution in [2.75, 3.05) is 33.7 Å². The first kappa shape index (κ1) is 13.1. The second kappa shape index (κ2) is 5.12. The topological polar surface area (TPSA) is 59.6 Å². The number of hydrogen-bond acceptors (Lipinski definition) is 3. The molecule has 1 aliphatic heterocycles. The molecule has 0 unspecified atom stereocenters. The molecule has 1 amide bonds. The average molecular weight is 251 g/mol. The second-order valence-corrected chi connectivity index (χ2v) is 5.38. The summed E-state index contributed by atoms with van der Waals surface area (Å²) in [5.74, 6) is -0.0307. The van der Waals surface area contributed by atoms with Crippen LogP contribution in [0.15, 0.2) is 18.3 Å². The Labute approximate surface area is 107 Å². The fourth-order valence-electron chi connectivity index (χ4n) is 2.64. The average Bonchev–Trinajstić information content (AvgIpc) is 2.79. The van der Waals surface area contributed by atoms with Crippen molar-refractivity contribution in [3.8, 4) is 0 Å². The van der Waals surface area contributed by atoms with Gasteiger partial charge in [0.2, 0.25) is 0 Å². The van der Waals surface area contributed by atoms with E-state index >= 15 is 0 Å². The second-order valence-electron chi connectivity index (χ2n) is 5.38. The van der Waals surface area contributed by atoms with Gasteiger partial charge in [-0.15, -0.1) is 0 Å². The molecule has 1 aromatic heterocycles. The molecule has 1 fully saturated rings. The minimum Gasteiger partial charge on any atom is -0.387 e. The molecule has 0 radical (unpaired) electrons. The van der Waals surface area contributed by atoms with Gasteiger partial charge in [0, 0.05) is 19.3 Å². The van der Waals surface area contributed by atoms with Gasteiger partial charge in [0.15, 0.2) is 0 Å². The molecule has 18 heavy (non-hydrogen) atoms. The minimum atomic E-state index is -0.788. The van der Waals surface area contributed by atoms with E-state index < -0.39 is 5.60 Å². The van der Waals surface area contributed by atoms with Gasteiger partial charge < -0.3 is 19.9 Å². The van der Waals surface area contributed by atoms with Crippen molar-refractivity contribution in [3.05, 3.63) is 24.0 Å². The standard InChI is InChI=1S/C13H21N3O2/c1-15(2)9-13(18)6-4-8-16(10-13)12(17)11-5-3-7-14-11/h3,5,7,14,18H,4,6,8-10H2,1-2H3/t13-/m1/s1. The zero-order chi connectivity index (χ0) is 13.2. The summed E-state index contributed by atoms with van der Waals surface area (Å²) in [4.78, 5) is 18.8. The van der Waals surface area contributed by atoms with Crippen molar-refractivity contribution in [3.63, 3.8) is 0 Å². The Bertz CT molecular complexity index is 402. The molecule has 1 aromatic rings. The van der Waals surface area contributed by atoms with E-state index in [1.807, 2.05) is 25.1 Å². The van der Waals surface area contributed by atoms with Crippen molar-refractivity contribution >= 4 is 5.91 Å². The van der Waals surface area contributed by atoms with Crippen LogP contribution in [0.4, 0.5) is 0 Å². The molecule has 2 rings (SSSR count). The zero-order valence-electron chi connectivity index (χ0n) is 11.0. The molecule has 5 nitrogen and oxygen atoms in total. The highest BCUT2D eigenvalue weighted by Gasteiger charge is 2.35. The summed E-state index contributed by atoms with van der Waals surface area (Å²) < 4.78 is 0. The first-order chi connectivity index (χ1) is 8.50. The molecule has 0 saturated carbocycles. The van der Waals surface area contributed by atoms with Gasteiger partial charge in [-0.1, -0.05) is 0 Å². The largest absolute Gasteiger partial charge is 0.387 e. The Morgan fingerprint density at radius 1 is 1.61 bits per heavy atom. The third kappa shape index (κ3) is 2.91. The number of amides is 1. The van der Waals surface area contributed by atoms with E-state index in [9.17, 15) is 9.90 Å². The first-order valence-corrected chi connectivity index (χ1v) is 6.30. The summed E-state index contributed by atoms with van der Waals surface area (Å²) in [5, 5.41) is 10.5. The van der Waals surface area contributed by atoms with Crippen molar-refractivity contribution in [1.29, 1.82) is 0 Å². The molecule has 2 N–H and O–H groups in total. The molecule has 0 aromatic carbocycles. The summed E-state index contributed by atoms with van der Waals surface area (Å²) in [7, 11) is 3.87. The molecule has 2 heterocycles. The predicted octanol–water partition coefficient (Wildman–Crippen LogP) is 0.543. The van der Waals surface area contributed by atoms with Crippen molar-refractivity contribution in [2.45, 2.75) is 18.4 Å². The smallest absolute Gasteiger partial charge is 0.270 e. The summed E-state index contributed by atoms with van der Waals surface area (Å²) in [5.41, 5.74) is -0.201. The van der Waals surface area contributed by atoms with Gasteiger partial charge in [0.05, 0.1) is 12.1 Å². The van der Waals surface area contributed by atoms with E-state index in [0.29, 0.717) is 25.3 Å². The fourth-order valence-corrected chi connectivity index (χ4v) is 2.64. The molecule has 0 bridgehead atoms. The van der Waals surface area contributed by atoms with E-state index in [1.54, 1.807) is 17.2 Å². The SMILES string of the molecule is CN(C)C[C@]1(O)CCCN(C(=O)c2ccc[nH]2)C1. The molecule has 1 aliphatic rings. The van der Waals surface area contributed by atoms with E-state index in [4.69, 9.17) is 0 Å². The normalized spacial score (nSPS) is 24.6. The molecule has 1 atom stereocenters. The van der Waals surface area contributed by atoms with E-state index in [1.165, 1.54) is 0 Å². The van der Waals surface area contributed by atoms with Gasteiger partial charge >= 0.3 is 0 Å². The highest BCUT2D eigenvalue weighted by atomic mass is 16.3. The lowest BCUT2D eigenvalue weighted by Crippen LogP contribution is -2.54. The number of likely N-dealkylation sites (N-methyl/N-ethyl adjacent to an activating group) is 1. The number of hydrogen-bond donors (Lipinski definition) is 2. The van der Waals surface area contributed by atoms with Crippen LogP contribution in [-0.4, -0.2) is 65.1 Å². The summed E-state index contributed by atoms with van der Waals surface area (Å²) in [6, 6.07) is 3.57. The zero-order valence-corrected chi connectivity index (χ0v) is 11.0. The Morgan fingerprint density at radius 3 is 3.00 bits per heavy atom. The van der Waals surface area contributed by atoms with E-state index in [2.05, 4.69) is 4.98 Å². The maximum absolute atomic E-state index is 12.2. The Kier molecular flexibility index (Phi) is 3.73. The lowest BCUT2D eigenvalue weighted by molar-refractivity contribution is -0.0392. The molecule has 0 spiro atoms. The van der Waals surface area contributed by atoms with Crippen LogP contribution < -0.4 is 0 Å². The van der Waals surface area contributed by atoms with Crippen LogP contribution in [0, 0.1) is 0 Å². The first-order valence-electron chi connectivity index (χ1n) is 6.30. The quantitative estimate of drug-likeness (QED) is 0.824. The fraction of sp³-hybridized carbons (Fsp3) is 0.615. The molecule has 0 aliphatic carbocycles. The maximum atomic E-state index is 12.2. The number of carbonyl (C=O) groups excluding carboxylic acids is 1. The number of piperidine rings is 1. The number of aliphatic hydroxyl groups is 1. The highest BCUT2D eigenvalue weighted by molar-refractivity contribution is 5.92. The van der Waals surface area contributed by atoms with Gasteiger partial charge in [-0.3, -0.25) is 4.79 Å². The van der Waals surface area contributed by atoms with Crippen LogP contribution in [0.5, 0.6) is 0 Å². The predicted molar refractivity (Wildman–Crippen MR) is 69.4 cm³/mol. The number of nitrogens with zero attached hydrogens (tertiary/aromatic N) is 2. The van der Waals surface area contributed by atoms with E-state index in [-0.39, 0.29) is 5.91 Å². The lowest BCUT2D eigenvalue weighted by Gasteiger charge is -2.40. The van der Waals surface area contributed by atoms with Crippen LogP contribution in [0.1, 0.15) is 23.3 Å². The van der Waals surface area contributed by atoms with Gasteiger partial charge in [0.1, 0.15) is 5.69 Å². The van der Waals surface area contributed by atoms with Gasteiger partial charge in [-0.2, -0.15) is 0 Å². The Balaban J connectivity index is 2.04. The number of aromatic amines is 1. The third-order valence-corrected chi connectivity index (χ3v) is 3.28. The highest BCUT2D eigenvalue weighted by Crippen LogP contribution is 2.22. The molecular weight excluding hydrogens is 230 g/mol. The molecule has 100 valence electrons. The monoisotopic (exact) mass is 251 g/mol. The minimum absolute atomic E-state index is 0.0307. The third-order valence-electron chi connectivity index (χ3n) is 3.28. The maximum Gasteiger partial charge on any atom is 0.270 e. The van der Waals surface area contributed by atoms with Gasteiger partial charge in [0.25, 0.3) is 5.91 Å². The number of likely N-dealkylation sites (tertiary alicyclic amines) is 1. The summed E-state index contributed by atoms with van der Waals surface area (Å²) in [6.07, 6.45) is 3.33. The van der Waals surface area contributed by atoms with Crippen molar-refractivity contribution < 1.29 is 9.90 Å². The van der Waals surface area contributed by atoms with Crippen molar-refractivity contribution in [2.24, 2.45) is 0 Å². The van der Waals surface area contributed by atoms with Crippen LogP contribution in [-0.2, 0) is 0 Å². The number of rotatable bonds is 3. The number of nitrogens with one attached hydrogen (secondary N) is 1. The van der Waals surface area contributed by atoms with Gasteiger partial charge in [-0.05, 0) is 39.1 Å². The van der Waals surface area contributed by atoms with Crippen LogP contribution in [0.25, 0.3) is 0 Å². The number of H-pyrrole nitrogens is 1. The molecular formula is C13H21N3O2. The number of aromatic nitrogens is 1. The lowest BCUT2D eigenvalue weighted by atomic mass is 9.92. The van der Waals surface area contributed by atoms with Gasteiger partial charge in [-0.25, -0.2) is 0 Å². The Hall–Kier alpha value is -1.33. The number of β-amino-alcohol motifs (C(OH)–C–C–N with tert-alkyl or cyclic N) is 1. The van der Waals surface area contributed by atoms with Crippen LogP contribution >= 0.6 is 0 Å². The van der Waals surface area contributed by atoms with Crippen molar-refractivity contribution in [1.82, 2.24) is 14.8 Å². The Morgan fingerprint density at radius 2 is 2.39 bits per heavy atom. The van der Waals surface area contributed by atoms with Crippen LogP contribution in [0.3, 0.4) is 0 Å². The van der Waals surface area contributed by atoms with E-state index in [0.717, 1.165) is 12.8 Å². The summed E-state index contributed by atoms with van der Waals surface area (Å²) in [6.45, 7) is 1.71. The summed E-state index contributed by atoms with van der Waals surface area (Å²) >= 11 is 0. The number of carbonyl (C=O) groups is 1. The molecule has 5 heteroatoms. The van der Waals surface area contributed by atoms with Crippen LogP contribution in [0.2, 0.25) is 0 Å². The molecule has 1 saturated heterocycles.